The van der Waals surface area contributed by atoms with E-state index in [4.69, 9.17) is 39.2 Å². The summed E-state index contributed by atoms with van der Waals surface area (Å²) in [4.78, 5) is 2.02. The van der Waals surface area contributed by atoms with Gasteiger partial charge in [0.15, 0.2) is 0 Å². The fourth-order valence-corrected chi connectivity index (χ4v) is 2.78. The van der Waals surface area contributed by atoms with Gasteiger partial charge in [-0.1, -0.05) is 46.9 Å². The first kappa shape index (κ1) is 17.2. The van der Waals surface area contributed by atoms with Crippen LogP contribution in [0.3, 0.4) is 0 Å². The molecular weight excluding hydrogens is 369 g/mol. The van der Waals surface area contributed by atoms with E-state index in [-0.39, 0.29) is 0 Å². The maximum atomic E-state index is 6.22. The highest BCUT2D eigenvalue weighted by atomic mass is 35.5. The summed E-state index contributed by atoms with van der Waals surface area (Å²) in [6.07, 6.45) is 0. The zero-order valence-corrected chi connectivity index (χ0v) is 15.1. The molecule has 124 valence electrons. The fourth-order valence-electron chi connectivity index (χ4n) is 2.27. The Hall–Kier alpha value is -1.59. The van der Waals surface area contributed by atoms with E-state index in [2.05, 4.69) is 10.2 Å². The maximum absolute atomic E-state index is 6.22. The zero-order chi connectivity index (χ0) is 17.1. The summed E-state index contributed by atoms with van der Waals surface area (Å²) < 4.78 is 5.71. The van der Waals surface area contributed by atoms with Gasteiger partial charge in [-0.15, -0.1) is 10.2 Å². The molecule has 2 aromatic carbocycles. The Morgan fingerprint density at radius 2 is 1.71 bits per heavy atom. The minimum absolute atomic E-state index is 0.468. The lowest BCUT2D eigenvalue weighted by Gasteiger charge is -2.15. The molecule has 3 aromatic rings. The van der Waals surface area contributed by atoms with E-state index in [0.29, 0.717) is 39.9 Å². The fraction of sp³-hybridized carbons (Fsp3) is 0.176. The predicted molar refractivity (Wildman–Crippen MR) is 96.4 cm³/mol. The van der Waals surface area contributed by atoms with E-state index in [0.717, 1.165) is 11.1 Å². The second-order valence-corrected chi connectivity index (χ2v) is 6.61. The smallest absolute Gasteiger partial charge is 0.247 e. The second-order valence-electron chi connectivity index (χ2n) is 5.39. The molecule has 1 heterocycles. The number of halogens is 3. The van der Waals surface area contributed by atoms with Gasteiger partial charge in [0.05, 0.1) is 16.6 Å². The van der Waals surface area contributed by atoms with Crippen LogP contribution in [-0.4, -0.2) is 22.1 Å². The number of hydrogen-bond acceptors (Lipinski definition) is 4. The molecule has 0 aliphatic carbocycles. The topological polar surface area (TPSA) is 42.2 Å². The van der Waals surface area contributed by atoms with Crippen molar-refractivity contribution in [2.75, 3.05) is 7.05 Å². The molecule has 0 spiro atoms. The monoisotopic (exact) mass is 381 g/mol. The van der Waals surface area contributed by atoms with E-state index >= 15 is 0 Å². The Morgan fingerprint density at radius 1 is 0.958 bits per heavy atom. The number of aromatic nitrogens is 2. The molecule has 4 nitrogen and oxygen atoms in total. The molecule has 24 heavy (non-hydrogen) atoms. The second kappa shape index (κ2) is 7.53. The molecule has 0 aliphatic heterocycles. The van der Waals surface area contributed by atoms with Crippen molar-refractivity contribution < 1.29 is 4.42 Å². The van der Waals surface area contributed by atoms with Crippen LogP contribution in [0.5, 0.6) is 0 Å². The molecule has 0 unspecified atom stereocenters. The first-order valence-electron chi connectivity index (χ1n) is 7.22. The molecule has 0 bridgehead atoms. The van der Waals surface area contributed by atoms with Crippen LogP contribution in [-0.2, 0) is 13.1 Å². The van der Waals surface area contributed by atoms with Gasteiger partial charge in [-0.2, -0.15) is 0 Å². The van der Waals surface area contributed by atoms with E-state index in [1.54, 1.807) is 18.2 Å². The van der Waals surface area contributed by atoms with Crippen molar-refractivity contribution in [3.8, 4) is 11.5 Å². The van der Waals surface area contributed by atoms with Crippen LogP contribution in [0.15, 0.2) is 46.9 Å². The standard InChI is InChI=1S/C17H14Cl3N3O/c1-23(9-12-3-2-4-14(19)16(12)20)10-15-21-22-17(24-15)11-5-7-13(18)8-6-11/h2-8H,9-10H2,1H3. The Bertz CT molecular complexity index is 833. The van der Waals surface area contributed by atoms with Crippen molar-refractivity contribution in [3.63, 3.8) is 0 Å². The van der Waals surface area contributed by atoms with Gasteiger partial charge in [-0.05, 0) is 42.9 Å². The number of nitrogens with zero attached hydrogens (tertiary/aromatic N) is 3. The number of benzene rings is 2. The van der Waals surface area contributed by atoms with Crippen molar-refractivity contribution >= 4 is 34.8 Å². The average Bonchev–Trinajstić information content (AvgIpc) is 3.01. The molecule has 0 fully saturated rings. The third-order valence-electron chi connectivity index (χ3n) is 3.44. The summed E-state index contributed by atoms with van der Waals surface area (Å²) in [6.45, 7) is 1.13. The van der Waals surface area contributed by atoms with Gasteiger partial charge in [0.2, 0.25) is 11.8 Å². The molecule has 0 radical (unpaired) electrons. The van der Waals surface area contributed by atoms with Crippen LogP contribution in [0.1, 0.15) is 11.5 Å². The molecule has 0 amide bonds. The molecule has 0 aliphatic rings. The highest BCUT2D eigenvalue weighted by Gasteiger charge is 2.12. The van der Waals surface area contributed by atoms with Gasteiger partial charge in [0.1, 0.15) is 0 Å². The van der Waals surface area contributed by atoms with Crippen LogP contribution >= 0.6 is 34.8 Å². The normalized spacial score (nSPS) is 11.2. The van der Waals surface area contributed by atoms with Gasteiger partial charge in [-0.25, -0.2) is 0 Å². The summed E-state index contributed by atoms with van der Waals surface area (Å²) in [7, 11) is 1.95. The minimum Gasteiger partial charge on any atom is -0.419 e. The van der Waals surface area contributed by atoms with Gasteiger partial charge >= 0.3 is 0 Å². The molecule has 1 aromatic heterocycles. The van der Waals surface area contributed by atoms with E-state index in [1.807, 2.05) is 36.2 Å². The largest absolute Gasteiger partial charge is 0.419 e. The highest BCUT2D eigenvalue weighted by Crippen LogP contribution is 2.27. The first-order valence-corrected chi connectivity index (χ1v) is 8.36. The SMILES string of the molecule is CN(Cc1nnc(-c2ccc(Cl)cc2)o1)Cc1cccc(Cl)c1Cl. The summed E-state index contributed by atoms with van der Waals surface area (Å²) in [5.41, 5.74) is 1.78. The van der Waals surface area contributed by atoms with Crippen LogP contribution < -0.4 is 0 Å². The first-order chi connectivity index (χ1) is 11.5. The molecule has 0 atom stereocenters. The minimum atomic E-state index is 0.468. The van der Waals surface area contributed by atoms with Gasteiger partial charge in [0, 0.05) is 17.1 Å². The molecule has 7 heteroatoms. The predicted octanol–water partition coefficient (Wildman–Crippen LogP) is 5.33. The Kier molecular flexibility index (Phi) is 5.41. The summed E-state index contributed by atoms with van der Waals surface area (Å²) in [5.74, 6) is 0.997. The lowest BCUT2D eigenvalue weighted by Crippen LogP contribution is -2.17. The number of rotatable bonds is 5. The van der Waals surface area contributed by atoms with Crippen LogP contribution in [0.25, 0.3) is 11.5 Å². The van der Waals surface area contributed by atoms with Crippen molar-refractivity contribution in [1.82, 2.24) is 15.1 Å². The van der Waals surface area contributed by atoms with Crippen LogP contribution in [0.4, 0.5) is 0 Å². The van der Waals surface area contributed by atoms with Crippen molar-refractivity contribution in [2.45, 2.75) is 13.1 Å². The van der Waals surface area contributed by atoms with E-state index in [1.165, 1.54) is 0 Å². The van der Waals surface area contributed by atoms with Gasteiger partial charge in [0.25, 0.3) is 0 Å². The highest BCUT2D eigenvalue weighted by molar-refractivity contribution is 6.42. The summed E-state index contributed by atoms with van der Waals surface area (Å²) >= 11 is 18.1. The van der Waals surface area contributed by atoms with E-state index < -0.39 is 0 Å². The quantitative estimate of drug-likeness (QED) is 0.598. The average molecular weight is 383 g/mol. The van der Waals surface area contributed by atoms with Crippen molar-refractivity contribution in [3.05, 3.63) is 69.0 Å². The molecule has 0 saturated heterocycles. The lowest BCUT2D eigenvalue weighted by molar-refractivity contribution is 0.283. The molecule has 0 saturated carbocycles. The number of hydrogen-bond donors (Lipinski definition) is 0. The summed E-state index contributed by atoms with van der Waals surface area (Å²) in [5, 5.41) is 9.94. The van der Waals surface area contributed by atoms with E-state index in [9.17, 15) is 0 Å². The van der Waals surface area contributed by atoms with Crippen molar-refractivity contribution in [2.24, 2.45) is 0 Å². The third-order valence-corrected chi connectivity index (χ3v) is 4.55. The van der Waals surface area contributed by atoms with Crippen LogP contribution in [0, 0.1) is 0 Å². The molecular formula is C17H14Cl3N3O. The van der Waals surface area contributed by atoms with Crippen molar-refractivity contribution in [1.29, 1.82) is 0 Å². The van der Waals surface area contributed by atoms with Gasteiger partial charge < -0.3 is 4.42 Å². The Labute approximate surface area is 155 Å². The molecule has 3 rings (SSSR count). The summed E-state index contributed by atoms with van der Waals surface area (Å²) in [6, 6.07) is 12.8. The lowest BCUT2D eigenvalue weighted by atomic mass is 10.2. The maximum Gasteiger partial charge on any atom is 0.247 e. The molecule has 0 N–H and O–H groups in total. The van der Waals surface area contributed by atoms with Gasteiger partial charge in [-0.3, -0.25) is 4.90 Å². The Balaban J connectivity index is 1.68. The third kappa shape index (κ3) is 4.08. The van der Waals surface area contributed by atoms with Crippen LogP contribution in [0.2, 0.25) is 15.1 Å². The zero-order valence-electron chi connectivity index (χ0n) is 12.8. The Morgan fingerprint density at radius 3 is 2.46 bits per heavy atom.